The number of benzene rings is 1. The minimum atomic E-state index is -1.89. The van der Waals surface area contributed by atoms with Crippen LogP contribution in [0.4, 0.5) is 0 Å². The summed E-state index contributed by atoms with van der Waals surface area (Å²) in [7, 11) is 3.77. The number of ether oxygens (including phenoxy) is 5. The van der Waals surface area contributed by atoms with Gasteiger partial charge in [-0.25, -0.2) is 4.40 Å². The largest absolute Gasteiger partial charge is 0.459 e. The highest BCUT2D eigenvalue weighted by atomic mass is 32.2. The Balaban J connectivity index is 1.88. The van der Waals surface area contributed by atoms with Crippen LogP contribution in [0.2, 0.25) is 0 Å². The van der Waals surface area contributed by atoms with E-state index in [1.165, 1.54) is 18.9 Å². The highest BCUT2D eigenvalue weighted by Gasteiger charge is 2.52. The number of hydrogen-bond donors (Lipinski definition) is 5. The van der Waals surface area contributed by atoms with Crippen LogP contribution in [0, 0.1) is 29.1 Å². The van der Waals surface area contributed by atoms with Crippen LogP contribution in [0.15, 0.2) is 39.6 Å². The molecule has 3 aliphatic rings. The first-order valence-corrected chi connectivity index (χ1v) is 21.5. The standard InChI is InChI=1S/C43H72N2O11S/c1-14-31-43(11,51)36(47)25(4)33(44-57-29-18-16-15-17-19-29)23(2)21-42(10,50)38(56-40-34(46)30(45(12)13)20-24(3)52-40)26(5)35(27(6)39(49)54-31)55-32-22-41(8,9)37(48)28(7)53-32/h15-19,23-28,30-32,34-38,40,46-48,50-51H,14,20-22H2,1-13H3/b44-33+/t23-,24-,25+,26+,27-,28+,30+,31-,32?,34-,35+,36-,37+,38-,40+,42+,43-/m1/s1. The molecular formula is C43H72N2O11S. The zero-order valence-corrected chi connectivity index (χ0v) is 37.2. The number of hydrogen-bond acceptors (Lipinski definition) is 14. The van der Waals surface area contributed by atoms with Gasteiger partial charge in [0.25, 0.3) is 0 Å². The molecule has 0 saturated carbocycles. The van der Waals surface area contributed by atoms with E-state index in [9.17, 15) is 30.3 Å². The van der Waals surface area contributed by atoms with Crippen LogP contribution in [-0.4, -0.2) is 135 Å². The van der Waals surface area contributed by atoms with Gasteiger partial charge in [-0.1, -0.05) is 59.7 Å². The van der Waals surface area contributed by atoms with Gasteiger partial charge < -0.3 is 54.1 Å². The van der Waals surface area contributed by atoms with E-state index in [1.54, 1.807) is 34.6 Å². The number of carbonyl (C=O) groups is 1. The normalized spacial score (nSPS) is 44.7. The van der Waals surface area contributed by atoms with Gasteiger partial charge in [0, 0.05) is 46.9 Å². The van der Waals surface area contributed by atoms with Crippen molar-refractivity contribution >= 4 is 23.6 Å². The van der Waals surface area contributed by atoms with Gasteiger partial charge in [-0.2, -0.15) is 0 Å². The first kappa shape index (κ1) is 48.0. The molecule has 0 aromatic heterocycles. The molecular weight excluding hydrogens is 753 g/mol. The molecule has 17 atom stereocenters. The predicted octanol–water partition coefficient (Wildman–Crippen LogP) is 4.99. The van der Waals surface area contributed by atoms with Crippen molar-refractivity contribution in [1.82, 2.24) is 4.90 Å². The molecule has 1 aromatic rings. The lowest BCUT2D eigenvalue weighted by molar-refractivity contribution is -0.312. The van der Waals surface area contributed by atoms with E-state index in [4.69, 9.17) is 28.1 Å². The maximum Gasteiger partial charge on any atom is 0.311 e. The van der Waals surface area contributed by atoms with Crippen LogP contribution in [0.3, 0.4) is 0 Å². The van der Waals surface area contributed by atoms with E-state index < -0.39 is 102 Å². The zero-order valence-electron chi connectivity index (χ0n) is 36.4. The lowest BCUT2D eigenvalue weighted by Gasteiger charge is -2.49. The van der Waals surface area contributed by atoms with Crippen molar-refractivity contribution < 1.29 is 54.0 Å². The molecule has 57 heavy (non-hydrogen) atoms. The molecule has 1 unspecified atom stereocenters. The van der Waals surface area contributed by atoms with Crippen molar-refractivity contribution in [2.24, 2.45) is 33.5 Å². The minimum absolute atomic E-state index is 0.0732. The molecule has 13 nitrogen and oxygen atoms in total. The summed E-state index contributed by atoms with van der Waals surface area (Å²) in [6.45, 7) is 19.6. The topological polar surface area (TPSA) is 180 Å². The zero-order chi connectivity index (χ0) is 42.8. The average Bonchev–Trinajstić information content (AvgIpc) is 3.13. The van der Waals surface area contributed by atoms with Crippen molar-refractivity contribution in [2.75, 3.05) is 14.1 Å². The Morgan fingerprint density at radius 1 is 0.895 bits per heavy atom. The average molecular weight is 825 g/mol. The van der Waals surface area contributed by atoms with Crippen LogP contribution in [-0.2, 0) is 28.5 Å². The number of likely N-dealkylation sites (N-methyl/N-ethyl adjacent to an activating group) is 1. The summed E-state index contributed by atoms with van der Waals surface area (Å²) in [5.41, 5.74) is -3.63. The van der Waals surface area contributed by atoms with Crippen LogP contribution >= 0.6 is 11.9 Å². The summed E-state index contributed by atoms with van der Waals surface area (Å²) in [5.74, 6) is -3.67. The smallest absolute Gasteiger partial charge is 0.311 e. The van der Waals surface area contributed by atoms with Crippen molar-refractivity contribution in [3.8, 4) is 0 Å². The predicted molar refractivity (Wildman–Crippen MR) is 219 cm³/mol. The van der Waals surface area contributed by atoms with Crippen LogP contribution in [0.25, 0.3) is 0 Å². The number of aliphatic hydroxyl groups is 5. The maximum absolute atomic E-state index is 14.3. The Kier molecular flexibility index (Phi) is 16.3. The van der Waals surface area contributed by atoms with Crippen LogP contribution in [0.1, 0.15) is 102 Å². The van der Waals surface area contributed by atoms with Crippen molar-refractivity contribution in [3.63, 3.8) is 0 Å². The highest BCUT2D eigenvalue weighted by molar-refractivity contribution is 7.98. The fourth-order valence-corrected chi connectivity index (χ4v) is 10.0. The van der Waals surface area contributed by atoms with E-state index in [0.717, 1.165) is 4.90 Å². The summed E-state index contributed by atoms with van der Waals surface area (Å²) in [4.78, 5) is 17.1. The summed E-state index contributed by atoms with van der Waals surface area (Å²) in [6, 6.07) is 9.27. The molecule has 4 rings (SSSR count). The Hall–Kier alpha value is -1.69. The summed E-state index contributed by atoms with van der Waals surface area (Å²) in [6.07, 6.45) is -8.15. The van der Waals surface area contributed by atoms with E-state index in [-0.39, 0.29) is 25.0 Å². The fraction of sp³-hybridized carbons (Fsp3) is 0.814. The van der Waals surface area contributed by atoms with Gasteiger partial charge in [0.05, 0.1) is 48.1 Å². The summed E-state index contributed by atoms with van der Waals surface area (Å²) in [5, 5.41) is 59.4. The lowest BCUT2D eigenvalue weighted by atomic mass is 9.73. The van der Waals surface area contributed by atoms with Crippen LogP contribution < -0.4 is 0 Å². The van der Waals surface area contributed by atoms with Gasteiger partial charge in [-0.15, -0.1) is 0 Å². The second-order valence-corrected chi connectivity index (χ2v) is 19.3. The van der Waals surface area contributed by atoms with Gasteiger partial charge in [0.15, 0.2) is 12.6 Å². The molecule has 5 N–H and O–H groups in total. The monoisotopic (exact) mass is 824 g/mol. The summed E-state index contributed by atoms with van der Waals surface area (Å²) >= 11 is 1.23. The van der Waals surface area contributed by atoms with Gasteiger partial charge in [-0.3, -0.25) is 4.79 Å². The third kappa shape index (κ3) is 11.2. The number of rotatable bonds is 8. The minimum Gasteiger partial charge on any atom is -0.459 e. The van der Waals surface area contributed by atoms with E-state index >= 15 is 0 Å². The number of aliphatic hydroxyl groups excluding tert-OH is 3. The third-order valence-corrected chi connectivity index (χ3v) is 13.5. The Morgan fingerprint density at radius 2 is 1.53 bits per heavy atom. The molecule has 0 bridgehead atoms. The van der Waals surface area contributed by atoms with Crippen molar-refractivity contribution in [3.05, 3.63) is 30.3 Å². The second kappa shape index (κ2) is 19.4. The lowest BCUT2D eigenvalue weighted by Crippen LogP contribution is -2.60. The van der Waals surface area contributed by atoms with Gasteiger partial charge >= 0.3 is 5.97 Å². The first-order valence-electron chi connectivity index (χ1n) is 20.7. The molecule has 3 fully saturated rings. The Bertz CT molecular complexity index is 1480. The van der Waals surface area contributed by atoms with Crippen LogP contribution in [0.5, 0.6) is 0 Å². The molecule has 1 aromatic carbocycles. The number of nitrogens with zero attached hydrogens (tertiary/aromatic N) is 2. The number of cyclic esters (lactones) is 1. The molecule has 3 aliphatic heterocycles. The van der Waals surface area contributed by atoms with E-state index in [2.05, 4.69) is 0 Å². The van der Waals surface area contributed by atoms with E-state index in [1.807, 2.05) is 83.9 Å². The molecule has 3 saturated heterocycles. The molecule has 0 spiro atoms. The van der Waals surface area contributed by atoms with Gasteiger partial charge in [-0.05, 0) is 91.4 Å². The number of carbonyl (C=O) groups excluding carboxylic acids is 1. The van der Waals surface area contributed by atoms with Crippen molar-refractivity contribution in [1.29, 1.82) is 0 Å². The van der Waals surface area contributed by atoms with Gasteiger partial charge in [0.2, 0.25) is 0 Å². The number of esters is 1. The summed E-state index contributed by atoms with van der Waals surface area (Å²) < 4.78 is 37.1. The Morgan fingerprint density at radius 3 is 2.11 bits per heavy atom. The molecule has 3 heterocycles. The molecule has 0 radical (unpaired) electrons. The SMILES string of the molecule is CC[C@H]1OC(=O)[C@H](C)[C@@H](OC2CC(C)(C)[C@@H](O)[C@H](C)O2)[C@H](C)[C@@H](O[C@@H]2O[C@H](C)C[C@H](N(C)C)[C@H]2O)[C@@](C)(O)C[C@@H](C)/C(=N\Sc2ccccc2)[C@H](C)[C@@H](O)[C@]1(C)O. The quantitative estimate of drug-likeness (QED) is 0.175. The molecule has 326 valence electrons. The Labute approximate surface area is 345 Å². The fourth-order valence-electron chi connectivity index (χ4n) is 9.21. The first-order chi connectivity index (χ1) is 26.4. The van der Waals surface area contributed by atoms with Crippen molar-refractivity contribution in [2.45, 2.75) is 185 Å². The highest BCUT2D eigenvalue weighted by Crippen LogP contribution is 2.42. The molecule has 0 amide bonds. The van der Waals surface area contributed by atoms with Gasteiger partial charge in [0.1, 0.15) is 17.8 Å². The van der Waals surface area contributed by atoms with E-state index in [0.29, 0.717) is 18.6 Å². The maximum atomic E-state index is 14.3. The molecule has 0 aliphatic carbocycles. The third-order valence-electron chi connectivity index (χ3n) is 12.7. The second-order valence-electron chi connectivity index (χ2n) is 18.5. The molecule has 14 heteroatoms.